The third-order valence-electron chi connectivity index (χ3n) is 8.71. The van der Waals surface area contributed by atoms with Gasteiger partial charge in [-0.3, -0.25) is 14.1 Å². The number of phosphoric acid groups is 1. The van der Waals surface area contributed by atoms with Gasteiger partial charge < -0.3 is 19.3 Å². The van der Waals surface area contributed by atoms with Gasteiger partial charge in [0.1, 0.15) is 6.61 Å². The molecule has 0 unspecified atom stereocenters. The molecule has 0 aliphatic heterocycles. The minimum atomic E-state index is -4.77. The molecule has 54 heavy (non-hydrogen) atoms. The molecule has 310 valence electrons. The number of ether oxygens (including phenoxy) is 2. The molecule has 1 atom stereocenters. The highest BCUT2D eigenvalue weighted by atomic mass is 31.2. The summed E-state index contributed by atoms with van der Waals surface area (Å²) in [5, 5.41) is 0. The van der Waals surface area contributed by atoms with Crippen LogP contribution < -0.4 is 0 Å². The molecule has 0 radical (unpaired) electrons. The minimum Gasteiger partial charge on any atom is -0.462 e. The third-order valence-corrected chi connectivity index (χ3v) is 9.19. The van der Waals surface area contributed by atoms with Gasteiger partial charge in [-0.15, -0.1) is 0 Å². The summed E-state index contributed by atoms with van der Waals surface area (Å²) in [6.45, 7) is 3.52. The lowest BCUT2D eigenvalue weighted by Crippen LogP contribution is -2.29. The summed E-state index contributed by atoms with van der Waals surface area (Å²) in [6, 6.07) is 0. The number of carbonyl (C=O) groups is 2. The molecule has 2 N–H and O–H groups in total. The Morgan fingerprint density at radius 2 is 0.889 bits per heavy atom. The first-order chi connectivity index (χ1) is 26.3. The van der Waals surface area contributed by atoms with E-state index in [0.717, 1.165) is 83.5 Å². The van der Waals surface area contributed by atoms with E-state index in [1.54, 1.807) is 0 Å². The van der Waals surface area contributed by atoms with Crippen LogP contribution in [0.3, 0.4) is 0 Å². The van der Waals surface area contributed by atoms with E-state index in [1.165, 1.54) is 57.8 Å². The predicted molar refractivity (Wildman–Crippen MR) is 225 cm³/mol. The van der Waals surface area contributed by atoms with Gasteiger partial charge in [0.05, 0.1) is 6.61 Å². The molecule has 0 rings (SSSR count). The highest BCUT2D eigenvalue weighted by molar-refractivity contribution is 7.46. The van der Waals surface area contributed by atoms with E-state index in [0.29, 0.717) is 12.8 Å². The summed E-state index contributed by atoms with van der Waals surface area (Å²) in [6.07, 6.45) is 51.9. The Labute approximate surface area is 329 Å². The lowest BCUT2D eigenvalue weighted by atomic mass is 10.1. The van der Waals surface area contributed by atoms with E-state index in [2.05, 4.69) is 91.3 Å². The molecule has 0 aromatic heterocycles. The van der Waals surface area contributed by atoms with Gasteiger partial charge in [0.25, 0.3) is 0 Å². The SMILES string of the molecule is CC/C=C\C/C=C\C/C=C\C/C=C\CCCCCCC(=O)OC[C@H](COP(=O)(O)O)OC(=O)CCCCCCCCCCC/C=C\C/C=C\CCCCC. The molecule has 0 aromatic carbocycles. The fourth-order valence-corrected chi connectivity index (χ4v) is 5.93. The Morgan fingerprint density at radius 1 is 0.500 bits per heavy atom. The number of allylic oxidation sites excluding steroid dienone is 12. The van der Waals surface area contributed by atoms with Crippen molar-refractivity contribution in [1.82, 2.24) is 0 Å². The molecule has 0 heterocycles. The standard InChI is InChI=1S/C45H77O8P/c1-3-5-7-9-11-13-15-17-19-21-22-24-26-28-30-32-34-36-38-40-45(47)53-43(42-52-54(48,49)50)41-51-44(46)39-37-35-33-31-29-27-25-23-20-18-16-14-12-10-8-6-4-2/h6,8,11-14,17-20,25,27,43H,3-5,7,9-10,15-16,21-24,26,28-42H2,1-2H3,(H2,48,49,50)/b8-6-,13-11-,14-12-,19-17-,20-18-,27-25-/t43-/m1/s1. The zero-order valence-electron chi connectivity index (χ0n) is 34.1. The zero-order valence-corrected chi connectivity index (χ0v) is 35.0. The number of esters is 2. The van der Waals surface area contributed by atoms with Crippen LogP contribution in [-0.4, -0.2) is 41.0 Å². The van der Waals surface area contributed by atoms with Crippen molar-refractivity contribution < 1.29 is 37.9 Å². The first kappa shape index (κ1) is 51.5. The normalized spacial score (nSPS) is 13.2. The smallest absolute Gasteiger partial charge is 0.462 e. The number of phosphoric ester groups is 1. The molecule has 9 heteroatoms. The van der Waals surface area contributed by atoms with Gasteiger partial charge in [0, 0.05) is 12.8 Å². The summed E-state index contributed by atoms with van der Waals surface area (Å²) in [5.74, 6) is -0.921. The molecule has 0 bridgehead atoms. The van der Waals surface area contributed by atoms with Crippen LogP contribution in [0.5, 0.6) is 0 Å². The molecule has 0 aliphatic rings. The Balaban J connectivity index is 3.97. The van der Waals surface area contributed by atoms with Crippen molar-refractivity contribution in [3.63, 3.8) is 0 Å². The summed E-state index contributed by atoms with van der Waals surface area (Å²) < 4.78 is 26.4. The largest absolute Gasteiger partial charge is 0.469 e. The van der Waals surface area contributed by atoms with Crippen LogP contribution in [0.4, 0.5) is 0 Å². The van der Waals surface area contributed by atoms with Gasteiger partial charge in [-0.1, -0.05) is 157 Å². The number of rotatable bonds is 38. The van der Waals surface area contributed by atoms with Gasteiger partial charge in [-0.2, -0.15) is 0 Å². The van der Waals surface area contributed by atoms with Gasteiger partial charge in [0.2, 0.25) is 0 Å². The van der Waals surface area contributed by atoms with Gasteiger partial charge in [0.15, 0.2) is 6.10 Å². The average molecular weight is 777 g/mol. The summed E-state index contributed by atoms with van der Waals surface area (Å²) in [4.78, 5) is 42.9. The Hall–Kier alpha value is -2.51. The van der Waals surface area contributed by atoms with Crippen molar-refractivity contribution in [3.8, 4) is 0 Å². The second-order valence-corrected chi connectivity index (χ2v) is 15.2. The predicted octanol–water partition coefficient (Wildman–Crippen LogP) is 13.1. The van der Waals surface area contributed by atoms with Crippen LogP contribution in [0.25, 0.3) is 0 Å². The minimum absolute atomic E-state index is 0.198. The Bertz CT molecular complexity index is 1100. The first-order valence-corrected chi connectivity index (χ1v) is 22.8. The number of carbonyl (C=O) groups excluding carboxylic acids is 2. The fraction of sp³-hybridized carbons (Fsp3) is 0.689. The maximum Gasteiger partial charge on any atom is 0.469 e. The maximum absolute atomic E-state index is 12.4. The van der Waals surface area contributed by atoms with Gasteiger partial charge in [-0.05, 0) is 83.5 Å². The Kier molecular flexibility index (Phi) is 38.3. The molecule has 0 fully saturated rings. The van der Waals surface area contributed by atoms with E-state index in [9.17, 15) is 14.2 Å². The van der Waals surface area contributed by atoms with Gasteiger partial charge >= 0.3 is 19.8 Å². The number of unbranched alkanes of at least 4 members (excludes halogenated alkanes) is 16. The second-order valence-electron chi connectivity index (χ2n) is 13.9. The molecule has 0 saturated carbocycles. The lowest BCUT2D eigenvalue weighted by Gasteiger charge is -2.18. The summed E-state index contributed by atoms with van der Waals surface area (Å²) in [5.41, 5.74) is 0. The van der Waals surface area contributed by atoms with Gasteiger partial charge in [-0.25, -0.2) is 4.57 Å². The Morgan fingerprint density at radius 3 is 1.33 bits per heavy atom. The highest BCUT2D eigenvalue weighted by Crippen LogP contribution is 2.36. The monoisotopic (exact) mass is 777 g/mol. The van der Waals surface area contributed by atoms with Crippen LogP contribution in [0, 0.1) is 0 Å². The lowest BCUT2D eigenvalue weighted by molar-refractivity contribution is -0.161. The molecule has 0 spiro atoms. The van der Waals surface area contributed by atoms with Crippen molar-refractivity contribution in [2.75, 3.05) is 13.2 Å². The van der Waals surface area contributed by atoms with Crippen LogP contribution in [-0.2, 0) is 28.2 Å². The molecular formula is C45H77O8P. The quantitative estimate of drug-likeness (QED) is 0.0275. The summed E-state index contributed by atoms with van der Waals surface area (Å²) >= 11 is 0. The van der Waals surface area contributed by atoms with Crippen molar-refractivity contribution >= 4 is 19.8 Å². The third kappa shape index (κ3) is 42.2. The van der Waals surface area contributed by atoms with Crippen molar-refractivity contribution in [1.29, 1.82) is 0 Å². The number of hydrogen-bond acceptors (Lipinski definition) is 6. The second kappa shape index (κ2) is 40.2. The number of hydrogen-bond donors (Lipinski definition) is 2. The van der Waals surface area contributed by atoms with E-state index in [4.69, 9.17) is 19.3 Å². The molecule has 0 aliphatic carbocycles. The van der Waals surface area contributed by atoms with Crippen LogP contribution >= 0.6 is 7.82 Å². The first-order valence-electron chi connectivity index (χ1n) is 21.2. The molecule has 0 saturated heterocycles. The molecular weight excluding hydrogens is 699 g/mol. The van der Waals surface area contributed by atoms with Crippen molar-refractivity contribution in [3.05, 3.63) is 72.9 Å². The van der Waals surface area contributed by atoms with E-state index in [1.807, 2.05) is 0 Å². The van der Waals surface area contributed by atoms with E-state index >= 15 is 0 Å². The van der Waals surface area contributed by atoms with Crippen molar-refractivity contribution in [2.24, 2.45) is 0 Å². The van der Waals surface area contributed by atoms with Crippen LogP contribution in [0.2, 0.25) is 0 Å². The van der Waals surface area contributed by atoms with E-state index < -0.39 is 32.5 Å². The van der Waals surface area contributed by atoms with E-state index in [-0.39, 0.29) is 19.4 Å². The summed E-state index contributed by atoms with van der Waals surface area (Å²) in [7, 11) is -4.77. The van der Waals surface area contributed by atoms with Crippen molar-refractivity contribution in [2.45, 2.75) is 187 Å². The topological polar surface area (TPSA) is 119 Å². The average Bonchev–Trinajstić information content (AvgIpc) is 3.14. The van der Waals surface area contributed by atoms with Crippen LogP contribution in [0.1, 0.15) is 181 Å². The zero-order chi connectivity index (χ0) is 39.6. The molecule has 8 nitrogen and oxygen atoms in total. The molecule has 0 aromatic rings. The molecule has 0 amide bonds. The van der Waals surface area contributed by atoms with Crippen LogP contribution in [0.15, 0.2) is 72.9 Å². The maximum atomic E-state index is 12.4. The highest BCUT2D eigenvalue weighted by Gasteiger charge is 2.22. The fourth-order valence-electron chi connectivity index (χ4n) is 5.57.